The summed E-state index contributed by atoms with van der Waals surface area (Å²) in [6.45, 7) is 4.61. The number of piperidine rings is 1. The Balaban J connectivity index is 1.27. The van der Waals surface area contributed by atoms with Crippen molar-refractivity contribution in [3.63, 3.8) is 0 Å². The molecule has 1 aliphatic heterocycles. The van der Waals surface area contributed by atoms with E-state index in [2.05, 4.69) is 47.5 Å². The Morgan fingerprint density at radius 1 is 1.06 bits per heavy atom. The Morgan fingerprint density at radius 2 is 1.83 bits per heavy atom. The predicted molar refractivity (Wildman–Crippen MR) is 145 cm³/mol. The molecule has 36 heavy (non-hydrogen) atoms. The van der Waals surface area contributed by atoms with Crippen LogP contribution in [-0.2, 0) is 11.3 Å². The zero-order valence-electron chi connectivity index (χ0n) is 21.2. The second kappa shape index (κ2) is 11.1. The van der Waals surface area contributed by atoms with E-state index >= 15 is 0 Å². The summed E-state index contributed by atoms with van der Waals surface area (Å²) in [7, 11) is 0. The first-order valence-corrected chi connectivity index (χ1v) is 13.3. The molecule has 0 bridgehead atoms. The number of nitrogens with zero attached hydrogens (tertiary/aromatic N) is 3. The Hall–Kier alpha value is -3.41. The zero-order chi connectivity index (χ0) is 24.9. The fourth-order valence-electron chi connectivity index (χ4n) is 5.39. The monoisotopic (exact) mass is 484 g/mol. The molecule has 5 rings (SSSR count). The van der Waals surface area contributed by atoms with Crippen molar-refractivity contribution < 1.29 is 4.79 Å². The molecule has 1 saturated heterocycles. The van der Waals surface area contributed by atoms with Crippen molar-refractivity contribution in [1.29, 1.82) is 0 Å². The lowest BCUT2D eigenvalue weighted by Gasteiger charge is -2.32. The lowest BCUT2D eigenvalue weighted by atomic mass is 9.95. The molecule has 2 aromatic carbocycles. The summed E-state index contributed by atoms with van der Waals surface area (Å²) in [5.74, 6) is 0.634. The van der Waals surface area contributed by atoms with Crippen molar-refractivity contribution in [1.82, 2.24) is 14.9 Å². The molecule has 0 spiro atoms. The second-order valence-corrected chi connectivity index (χ2v) is 10.2. The first-order valence-electron chi connectivity index (χ1n) is 13.3. The lowest BCUT2D eigenvalue weighted by Crippen LogP contribution is -2.43. The zero-order valence-corrected chi connectivity index (χ0v) is 21.2. The quantitative estimate of drug-likeness (QED) is 0.481. The van der Waals surface area contributed by atoms with Gasteiger partial charge in [-0.25, -0.2) is 4.98 Å². The molecule has 2 aliphatic rings. The van der Waals surface area contributed by atoms with E-state index in [0.717, 1.165) is 42.4 Å². The van der Waals surface area contributed by atoms with Crippen molar-refractivity contribution in [2.45, 2.75) is 58.4 Å². The molecular weight excluding hydrogens is 448 g/mol. The summed E-state index contributed by atoms with van der Waals surface area (Å²) in [6, 6.07) is 16.1. The smallest absolute Gasteiger partial charge is 0.294 e. The Kier molecular flexibility index (Phi) is 7.49. The largest absolute Gasteiger partial charge is 0.356 e. The fraction of sp³-hybridized carbons (Fsp3) is 0.433. The van der Waals surface area contributed by atoms with Gasteiger partial charge < -0.3 is 10.2 Å². The minimum Gasteiger partial charge on any atom is -0.356 e. The summed E-state index contributed by atoms with van der Waals surface area (Å²) in [6.07, 6.45) is 9.69. The molecule has 6 nitrogen and oxygen atoms in total. The number of allylic oxidation sites excluding steroid dienone is 1. The molecule has 3 aromatic rings. The first kappa shape index (κ1) is 24.3. The molecule has 1 aliphatic carbocycles. The van der Waals surface area contributed by atoms with Crippen molar-refractivity contribution in [3.8, 4) is 0 Å². The topological polar surface area (TPSA) is 67.2 Å². The molecule has 2 heterocycles. The maximum atomic E-state index is 13.6. The summed E-state index contributed by atoms with van der Waals surface area (Å²) in [5, 5.41) is 3.15. The summed E-state index contributed by atoms with van der Waals surface area (Å²) in [4.78, 5) is 33.2. The molecule has 0 atom stereocenters. The van der Waals surface area contributed by atoms with Crippen molar-refractivity contribution in [3.05, 3.63) is 81.7 Å². The number of fused-ring (bicyclic) bond motifs is 1. The van der Waals surface area contributed by atoms with Gasteiger partial charge >= 0.3 is 0 Å². The maximum absolute atomic E-state index is 13.6. The predicted octanol–water partition coefficient (Wildman–Crippen LogP) is 4.98. The van der Waals surface area contributed by atoms with E-state index in [1.165, 1.54) is 36.8 Å². The van der Waals surface area contributed by atoms with E-state index in [0.29, 0.717) is 25.5 Å². The van der Waals surface area contributed by atoms with Gasteiger partial charge in [-0.2, -0.15) is 0 Å². The van der Waals surface area contributed by atoms with E-state index in [-0.39, 0.29) is 17.4 Å². The van der Waals surface area contributed by atoms with Crippen LogP contribution in [0.4, 0.5) is 5.82 Å². The number of benzene rings is 2. The van der Waals surface area contributed by atoms with E-state index < -0.39 is 0 Å². The van der Waals surface area contributed by atoms with Crippen LogP contribution >= 0.6 is 0 Å². The van der Waals surface area contributed by atoms with Crippen LogP contribution in [0.5, 0.6) is 0 Å². The normalized spacial score (nSPS) is 16.7. The molecule has 1 aromatic heterocycles. The van der Waals surface area contributed by atoms with Gasteiger partial charge in [0.2, 0.25) is 5.91 Å². The van der Waals surface area contributed by atoms with Crippen molar-refractivity contribution in [2.24, 2.45) is 5.92 Å². The third-order valence-corrected chi connectivity index (χ3v) is 7.59. The minimum atomic E-state index is -0.0714. The highest BCUT2D eigenvalue weighted by Gasteiger charge is 2.27. The number of hydrogen-bond donors (Lipinski definition) is 1. The van der Waals surface area contributed by atoms with Crippen LogP contribution in [-0.4, -0.2) is 35.1 Å². The molecule has 1 amide bonds. The van der Waals surface area contributed by atoms with Crippen LogP contribution in [0.3, 0.4) is 0 Å². The van der Waals surface area contributed by atoms with Gasteiger partial charge in [0.15, 0.2) is 5.82 Å². The molecule has 188 valence electrons. The number of amides is 1. The Morgan fingerprint density at radius 3 is 2.58 bits per heavy atom. The highest BCUT2D eigenvalue weighted by atomic mass is 16.2. The summed E-state index contributed by atoms with van der Waals surface area (Å²) in [5.41, 5.74) is 5.36. The number of anilines is 1. The number of carbonyl (C=O) groups is 1. The number of nitrogens with one attached hydrogen (secondary N) is 1. The molecule has 0 saturated carbocycles. The van der Waals surface area contributed by atoms with Gasteiger partial charge in [0.05, 0.1) is 17.6 Å². The van der Waals surface area contributed by atoms with E-state index in [9.17, 15) is 9.59 Å². The number of aromatic nitrogens is 2. The molecule has 6 heteroatoms. The number of rotatable bonds is 7. The van der Waals surface area contributed by atoms with Crippen LogP contribution in [0.2, 0.25) is 0 Å². The van der Waals surface area contributed by atoms with Crippen LogP contribution in [0.1, 0.15) is 56.1 Å². The molecule has 1 fully saturated rings. The average molecular weight is 485 g/mol. The molecule has 0 radical (unpaired) electrons. The number of hydrogen-bond acceptors (Lipinski definition) is 4. The first-order chi connectivity index (χ1) is 17.6. The standard InChI is InChI=1S/C30H36N4O2/c1-22-11-13-24(14-12-22)21-34-27-10-6-5-9-26(27)32-28(30(34)36)33-19-16-25(17-20-33)29(35)31-18-15-23-7-3-2-4-8-23/h5-7,9-14,25H,2-4,8,15-21H2,1H3,(H,31,35). The highest BCUT2D eigenvalue weighted by molar-refractivity contribution is 5.79. The Bertz CT molecular complexity index is 1300. The van der Waals surface area contributed by atoms with Crippen molar-refractivity contribution >= 4 is 22.8 Å². The molecule has 0 unspecified atom stereocenters. The average Bonchev–Trinajstić information content (AvgIpc) is 2.92. The van der Waals surface area contributed by atoms with Gasteiger partial charge in [-0.3, -0.25) is 14.2 Å². The van der Waals surface area contributed by atoms with Gasteiger partial charge in [0, 0.05) is 25.6 Å². The third-order valence-electron chi connectivity index (χ3n) is 7.59. The van der Waals surface area contributed by atoms with E-state index in [4.69, 9.17) is 4.98 Å². The van der Waals surface area contributed by atoms with Gasteiger partial charge in [0.25, 0.3) is 5.56 Å². The third kappa shape index (κ3) is 5.53. The van der Waals surface area contributed by atoms with Crippen LogP contribution in [0.25, 0.3) is 11.0 Å². The summed E-state index contributed by atoms with van der Waals surface area (Å²) >= 11 is 0. The van der Waals surface area contributed by atoms with Crippen molar-refractivity contribution in [2.75, 3.05) is 24.5 Å². The van der Waals surface area contributed by atoms with Gasteiger partial charge in [-0.05, 0) is 69.6 Å². The maximum Gasteiger partial charge on any atom is 0.294 e. The fourth-order valence-corrected chi connectivity index (χ4v) is 5.39. The number of para-hydroxylation sites is 2. The highest BCUT2D eigenvalue weighted by Crippen LogP contribution is 2.23. The van der Waals surface area contributed by atoms with E-state index in [1.54, 1.807) is 0 Å². The van der Waals surface area contributed by atoms with Crippen LogP contribution in [0.15, 0.2) is 65.0 Å². The second-order valence-electron chi connectivity index (χ2n) is 10.2. The van der Waals surface area contributed by atoms with Gasteiger partial charge in [0.1, 0.15) is 0 Å². The SMILES string of the molecule is Cc1ccc(Cn2c(=O)c(N3CCC(C(=O)NCCC4=CCCCC4)CC3)nc3ccccc32)cc1. The number of aryl methyl sites for hydroxylation is 1. The number of carbonyl (C=O) groups excluding carboxylic acids is 1. The van der Waals surface area contributed by atoms with E-state index in [1.807, 2.05) is 28.8 Å². The Labute approximate surface area is 213 Å². The van der Waals surface area contributed by atoms with Gasteiger partial charge in [-0.1, -0.05) is 53.6 Å². The van der Waals surface area contributed by atoms with Crippen LogP contribution in [0, 0.1) is 12.8 Å². The molecular formula is C30H36N4O2. The summed E-state index contributed by atoms with van der Waals surface area (Å²) < 4.78 is 1.83. The lowest BCUT2D eigenvalue weighted by molar-refractivity contribution is -0.125. The van der Waals surface area contributed by atoms with Crippen LogP contribution < -0.4 is 15.8 Å². The minimum absolute atomic E-state index is 0.00294. The van der Waals surface area contributed by atoms with Gasteiger partial charge in [-0.15, -0.1) is 0 Å². The molecule has 1 N–H and O–H groups in total.